The van der Waals surface area contributed by atoms with Crippen LogP contribution in [0.1, 0.15) is 65.7 Å². The molecule has 1 rings (SSSR count). The summed E-state index contributed by atoms with van der Waals surface area (Å²) in [5, 5.41) is 0. The fourth-order valence-electron chi connectivity index (χ4n) is 2.86. The quantitative estimate of drug-likeness (QED) is 0.581. The zero-order chi connectivity index (χ0) is 9.68. The van der Waals surface area contributed by atoms with E-state index in [1.807, 2.05) is 0 Å². The van der Waals surface area contributed by atoms with Gasteiger partial charge in [0.2, 0.25) is 0 Å². The van der Waals surface area contributed by atoms with Crippen LogP contribution in [0.3, 0.4) is 0 Å². The van der Waals surface area contributed by atoms with Crippen molar-refractivity contribution in [3.63, 3.8) is 0 Å². The third kappa shape index (κ3) is 3.32. The van der Waals surface area contributed by atoms with Gasteiger partial charge in [-0.3, -0.25) is 0 Å². The number of rotatable bonds is 5. The average Bonchev–Trinajstić information content (AvgIpc) is 2.61. The highest BCUT2D eigenvalue weighted by Gasteiger charge is 2.24. The lowest BCUT2D eigenvalue weighted by Gasteiger charge is -2.17. The Morgan fingerprint density at radius 2 is 1.62 bits per heavy atom. The summed E-state index contributed by atoms with van der Waals surface area (Å²) >= 11 is 0. The van der Waals surface area contributed by atoms with Crippen molar-refractivity contribution in [2.75, 3.05) is 0 Å². The predicted octanol–water partition coefficient (Wildman–Crippen LogP) is 4.64. The third-order valence-electron chi connectivity index (χ3n) is 4.05. The Hall–Kier alpha value is 0. The zero-order valence-electron chi connectivity index (χ0n) is 9.68. The van der Waals surface area contributed by atoms with E-state index < -0.39 is 0 Å². The lowest BCUT2D eigenvalue weighted by molar-refractivity contribution is 0.348. The van der Waals surface area contributed by atoms with Crippen LogP contribution in [-0.4, -0.2) is 0 Å². The second-order valence-corrected chi connectivity index (χ2v) is 4.87. The maximum absolute atomic E-state index is 2.35. The average molecular weight is 182 g/mol. The van der Waals surface area contributed by atoms with Crippen molar-refractivity contribution < 1.29 is 0 Å². The van der Waals surface area contributed by atoms with Gasteiger partial charge in [-0.15, -0.1) is 0 Å². The summed E-state index contributed by atoms with van der Waals surface area (Å²) in [7, 11) is 0. The van der Waals surface area contributed by atoms with Crippen molar-refractivity contribution in [3.8, 4) is 0 Å². The molecule has 1 aliphatic carbocycles. The Morgan fingerprint density at radius 1 is 1.00 bits per heavy atom. The van der Waals surface area contributed by atoms with Crippen LogP contribution in [0.4, 0.5) is 0 Å². The molecule has 1 aliphatic rings. The molecule has 0 aliphatic heterocycles. The van der Waals surface area contributed by atoms with Gasteiger partial charge in [0.1, 0.15) is 0 Å². The molecule has 1 saturated carbocycles. The highest BCUT2D eigenvalue weighted by molar-refractivity contribution is 4.76. The summed E-state index contributed by atoms with van der Waals surface area (Å²) in [5.41, 5.74) is 0. The molecule has 13 heavy (non-hydrogen) atoms. The van der Waals surface area contributed by atoms with Gasteiger partial charge in [-0.25, -0.2) is 0 Å². The first-order chi connectivity index (χ1) is 6.30. The van der Waals surface area contributed by atoms with E-state index in [0.717, 1.165) is 17.8 Å². The van der Waals surface area contributed by atoms with Crippen LogP contribution in [0.25, 0.3) is 0 Å². The molecule has 0 aromatic heterocycles. The second-order valence-electron chi connectivity index (χ2n) is 4.87. The summed E-state index contributed by atoms with van der Waals surface area (Å²) in [5.74, 6) is 3.16. The fraction of sp³-hybridized carbons (Fsp3) is 1.00. The molecule has 0 spiro atoms. The standard InChI is InChI=1S/C13H26/c1-4-11(5-2)9-13-8-7-12(6-3)10-13/h11-13H,4-10H2,1-3H3. The van der Waals surface area contributed by atoms with Crippen molar-refractivity contribution in [1.82, 2.24) is 0 Å². The number of hydrogen-bond donors (Lipinski definition) is 0. The first-order valence-electron chi connectivity index (χ1n) is 6.30. The van der Waals surface area contributed by atoms with E-state index in [-0.39, 0.29) is 0 Å². The summed E-state index contributed by atoms with van der Waals surface area (Å²) < 4.78 is 0. The van der Waals surface area contributed by atoms with Crippen molar-refractivity contribution >= 4 is 0 Å². The fourth-order valence-corrected chi connectivity index (χ4v) is 2.86. The highest BCUT2D eigenvalue weighted by Crippen LogP contribution is 2.37. The normalized spacial score (nSPS) is 28.6. The molecular weight excluding hydrogens is 156 g/mol. The van der Waals surface area contributed by atoms with Crippen molar-refractivity contribution in [1.29, 1.82) is 0 Å². The van der Waals surface area contributed by atoms with Crippen LogP contribution >= 0.6 is 0 Å². The molecule has 0 aromatic rings. The van der Waals surface area contributed by atoms with Crippen molar-refractivity contribution in [2.24, 2.45) is 17.8 Å². The molecule has 0 bridgehead atoms. The maximum atomic E-state index is 2.35. The van der Waals surface area contributed by atoms with Gasteiger partial charge < -0.3 is 0 Å². The molecule has 0 N–H and O–H groups in total. The largest absolute Gasteiger partial charge is 0.0651 e. The topological polar surface area (TPSA) is 0 Å². The molecule has 0 nitrogen and oxygen atoms in total. The first-order valence-corrected chi connectivity index (χ1v) is 6.30. The number of hydrogen-bond acceptors (Lipinski definition) is 0. The van der Waals surface area contributed by atoms with Gasteiger partial charge in [-0.05, 0) is 30.6 Å². The summed E-state index contributed by atoms with van der Waals surface area (Å²) in [4.78, 5) is 0. The molecule has 0 amide bonds. The maximum Gasteiger partial charge on any atom is -0.0409 e. The minimum absolute atomic E-state index is 1.01. The molecule has 2 atom stereocenters. The van der Waals surface area contributed by atoms with Gasteiger partial charge in [-0.1, -0.05) is 52.9 Å². The Kier molecular flexibility index (Phi) is 4.83. The summed E-state index contributed by atoms with van der Waals surface area (Å²) in [6.07, 6.45) is 10.3. The molecule has 1 fully saturated rings. The van der Waals surface area contributed by atoms with Crippen LogP contribution < -0.4 is 0 Å². The van der Waals surface area contributed by atoms with Gasteiger partial charge in [0, 0.05) is 0 Å². The van der Waals surface area contributed by atoms with E-state index in [0.29, 0.717) is 0 Å². The molecule has 2 unspecified atom stereocenters. The minimum Gasteiger partial charge on any atom is -0.0651 e. The van der Waals surface area contributed by atoms with E-state index in [2.05, 4.69) is 20.8 Å². The Bertz CT molecular complexity index is 124. The van der Waals surface area contributed by atoms with E-state index in [4.69, 9.17) is 0 Å². The molecule has 0 saturated heterocycles. The van der Waals surface area contributed by atoms with E-state index >= 15 is 0 Å². The van der Waals surface area contributed by atoms with Gasteiger partial charge in [0.05, 0.1) is 0 Å². The Labute approximate surface area is 84.1 Å². The van der Waals surface area contributed by atoms with Crippen LogP contribution in [-0.2, 0) is 0 Å². The molecule has 0 aromatic carbocycles. The molecule has 78 valence electrons. The first kappa shape index (κ1) is 11.1. The molecule has 0 heterocycles. The van der Waals surface area contributed by atoms with Gasteiger partial charge >= 0.3 is 0 Å². The van der Waals surface area contributed by atoms with Gasteiger partial charge in [0.15, 0.2) is 0 Å². The molecule has 0 radical (unpaired) electrons. The van der Waals surface area contributed by atoms with Crippen LogP contribution in [0.15, 0.2) is 0 Å². The van der Waals surface area contributed by atoms with E-state index in [9.17, 15) is 0 Å². The SMILES string of the molecule is CCC(CC)CC1CCC(CC)C1. The van der Waals surface area contributed by atoms with Crippen LogP contribution in [0, 0.1) is 17.8 Å². The molecule has 0 heteroatoms. The zero-order valence-corrected chi connectivity index (χ0v) is 9.68. The monoisotopic (exact) mass is 182 g/mol. The Balaban J connectivity index is 2.22. The predicted molar refractivity (Wildman–Crippen MR) is 59.8 cm³/mol. The highest BCUT2D eigenvalue weighted by atomic mass is 14.3. The minimum atomic E-state index is 1.01. The lowest BCUT2D eigenvalue weighted by Crippen LogP contribution is -2.05. The third-order valence-corrected chi connectivity index (χ3v) is 4.05. The summed E-state index contributed by atoms with van der Waals surface area (Å²) in [6.45, 7) is 7.05. The van der Waals surface area contributed by atoms with Crippen LogP contribution in [0.2, 0.25) is 0 Å². The lowest BCUT2D eigenvalue weighted by atomic mass is 9.89. The van der Waals surface area contributed by atoms with Gasteiger partial charge in [-0.2, -0.15) is 0 Å². The Morgan fingerprint density at radius 3 is 2.08 bits per heavy atom. The summed E-state index contributed by atoms with van der Waals surface area (Å²) in [6, 6.07) is 0. The van der Waals surface area contributed by atoms with Crippen LogP contribution in [0.5, 0.6) is 0 Å². The second kappa shape index (κ2) is 5.67. The van der Waals surface area contributed by atoms with Crippen molar-refractivity contribution in [3.05, 3.63) is 0 Å². The van der Waals surface area contributed by atoms with Gasteiger partial charge in [0.25, 0.3) is 0 Å². The van der Waals surface area contributed by atoms with E-state index in [1.165, 1.54) is 44.9 Å². The molecular formula is C13H26. The van der Waals surface area contributed by atoms with Crippen molar-refractivity contribution in [2.45, 2.75) is 65.7 Å². The van der Waals surface area contributed by atoms with E-state index in [1.54, 1.807) is 0 Å². The smallest absolute Gasteiger partial charge is 0.0409 e.